The number of hydrogen-bond acceptors (Lipinski definition) is 3. The Balaban J connectivity index is 2.27. The summed E-state index contributed by atoms with van der Waals surface area (Å²) >= 11 is 0. The van der Waals surface area contributed by atoms with Crippen molar-refractivity contribution in [3.8, 4) is 0 Å². The highest BCUT2D eigenvalue weighted by Crippen LogP contribution is 2.04. The van der Waals surface area contributed by atoms with Gasteiger partial charge in [-0.2, -0.15) is 0 Å². The molecule has 1 unspecified atom stereocenters. The maximum atomic E-state index is 11.7. The molecular formula is C15H24N2O2. The molecule has 0 heterocycles. The van der Waals surface area contributed by atoms with E-state index in [1.165, 1.54) is 0 Å². The lowest BCUT2D eigenvalue weighted by atomic mass is 10.0. The molecule has 106 valence electrons. The van der Waals surface area contributed by atoms with E-state index in [1.807, 2.05) is 30.3 Å². The van der Waals surface area contributed by atoms with Crippen molar-refractivity contribution in [1.82, 2.24) is 10.6 Å². The van der Waals surface area contributed by atoms with Crippen molar-refractivity contribution in [3.05, 3.63) is 35.9 Å². The molecule has 0 spiro atoms. The number of carbonyl (C=O) groups excluding carboxylic acids is 1. The van der Waals surface area contributed by atoms with Gasteiger partial charge in [-0.15, -0.1) is 0 Å². The van der Waals surface area contributed by atoms with Gasteiger partial charge in [0, 0.05) is 19.2 Å². The molecule has 0 fully saturated rings. The van der Waals surface area contributed by atoms with E-state index in [9.17, 15) is 4.79 Å². The second-order valence-corrected chi connectivity index (χ2v) is 5.01. The van der Waals surface area contributed by atoms with Crippen molar-refractivity contribution in [2.75, 3.05) is 13.2 Å². The van der Waals surface area contributed by atoms with Crippen molar-refractivity contribution in [2.45, 2.75) is 32.9 Å². The van der Waals surface area contributed by atoms with Crippen LogP contribution >= 0.6 is 0 Å². The van der Waals surface area contributed by atoms with Gasteiger partial charge in [0.2, 0.25) is 5.91 Å². The second-order valence-electron chi connectivity index (χ2n) is 5.01. The van der Waals surface area contributed by atoms with Crippen molar-refractivity contribution in [2.24, 2.45) is 5.92 Å². The fourth-order valence-electron chi connectivity index (χ4n) is 1.89. The maximum absolute atomic E-state index is 11.7. The number of nitrogens with one attached hydrogen (secondary N) is 2. The molecule has 0 radical (unpaired) electrons. The van der Waals surface area contributed by atoms with Crippen LogP contribution < -0.4 is 10.6 Å². The SMILES string of the molecule is CC(C)C(CCO)NCC(=O)NCc1ccccc1. The number of amides is 1. The molecule has 0 bridgehead atoms. The van der Waals surface area contributed by atoms with Crippen LogP contribution in [-0.4, -0.2) is 30.2 Å². The fraction of sp³-hybridized carbons (Fsp3) is 0.533. The third-order valence-electron chi connectivity index (χ3n) is 3.10. The minimum absolute atomic E-state index is 0.0209. The van der Waals surface area contributed by atoms with Crippen LogP contribution in [-0.2, 0) is 11.3 Å². The maximum Gasteiger partial charge on any atom is 0.234 e. The molecule has 0 aliphatic carbocycles. The summed E-state index contributed by atoms with van der Waals surface area (Å²) in [4.78, 5) is 11.7. The van der Waals surface area contributed by atoms with Crippen molar-refractivity contribution in [1.29, 1.82) is 0 Å². The highest BCUT2D eigenvalue weighted by Gasteiger charge is 2.13. The van der Waals surface area contributed by atoms with E-state index in [-0.39, 0.29) is 25.1 Å². The Morgan fingerprint density at radius 1 is 1.26 bits per heavy atom. The zero-order chi connectivity index (χ0) is 14.1. The first-order valence-corrected chi connectivity index (χ1v) is 6.78. The van der Waals surface area contributed by atoms with Gasteiger partial charge in [0.1, 0.15) is 0 Å². The van der Waals surface area contributed by atoms with Crippen LogP contribution in [0.2, 0.25) is 0 Å². The standard InChI is InChI=1S/C15H24N2O2/c1-12(2)14(8-9-18)16-11-15(19)17-10-13-6-4-3-5-7-13/h3-7,12,14,16,18H,8-11H2,1-2H3,(H,17,19). The largest absolute Gasteiger partial charge is 0.396 e. The van der Waals surface area contributed by atoms with E-state index in [0.29, 0.717) is 18.9 Å². The number of carbonyl (C=O) groups is 1. The molecule has 0 aromatic heterocycles. The van der Waals surface area contributed by atoms with Gasteiger partial charge in [-0.05, 0) is 17.9 Å². The van der Waals surface area contributed by atoms with Crippen LogP contribution in [0.5, 0.6) is 0 Å². The van der Waals surface area contributed by atoms with Crippen LogP contribution in [0.25, 0.3) is 0 Å². The predicted octanol–water partition coefficient (Wildman–Crippen LogP) is 1.30. The van der Waals surface area contributed by atoms with Crippen LogP contribution in [0, 0.1) is 5.92 Å². The fourth-order valence-corrected chi connectivity index (χ4v) is 1.89. The highest BCUT2D eigenvalue weighted by atomic mass is 16.3. The summed E-state index contributed by atoms with van der Waals surface area (Å²) < 4.78 is 0. The van der Waals surface area contributed by atoms with Gasteiger partial charge in [-0.1, -0.05) is 44.2 Å². The van der Waals surface area contributed by atoms with E-state index >= 15 is 0 Å². The molecule has 19 heavy (non-hydrogen) atoms. The van der Waals surface area contributed by atoms with Gasteiger partial charge in [0.25, 0.3) is 0 Å². The molecule has 0 aliphatic heterocycles. The molecule has 3 N–H and O–H groups in total. The third-order valence-corrected chi connectivity index (χ3v) is 3.10. The number of rotatable bonds is 8. The minimum atomic E-state index is -0.0209. The van der Waals surface area contributed by atoms with E-state index < -0.39 is 0 Å². The molecule has 1 aromatic carbocycles. The second kappa shape index (κ2) is 8.67. The topological polar surface area (TPSA) is 61.4 Å². The van der Waals surface area contributed by atoms with Gasteiger partial charge in [0.05, 0.1) is 6.54 Å². The van der Waals surface area contributed by atoms with Gasteiger partial charge in [0.15, 0.2) is 0 Å². The summed E-state index contributed by atoms with van der Waals surface area (Å²) in [5, 5.41) is 15.0. The Hall–Kier alpha value is -1.39. The Labute approximate surface area is 115 Å². The zero-order valence-electron chi connectivity index (χ0n) is 11.7. The smallest absolute Gasteiger partial charge is 0.234 e. The molecule has 1 rings (SSSR count). The molecular weight excluding hydrogens is 240 g/mol. The average Bonchev–Trinajstić information content (AvgIpc) is 2.42. The third kappa shape index (κ3) is 6.36. The monoisotopic (exact) mass is 264 g/mol. The summed E-state index contributed by atoms with van der Waals surface area (Å²) in [6.45, 7) is 5.13. The molecule has 0 saturated heterocycles. The Kier molecular flexibility index (Phi) is 7.15. The van der Waals surface area contributed by atoms with Gasteiger partial charge < -0.3 is 15.7 Å². The lowest BCUT2D eigenvalue weighted by Gasteiger charge is -2.21. The normalized spacial score (nSPS) is 12.4. The van der Waals surface area contributed by atoms with E-state index in [1.54, 1.807) is 0 Å². The molecule has 4 nitrogen and oxygen atoms in total. The van der Waals surface area contributed by atoms with E-state index in [4.69, 9.17) is 5.11 Å². The molecule has 1 amide bonds. The molecule has 0 aliphatic rings. The lowest BCUT2D eigenvalue weighted by Crippen LogP contribution is -2.41. The van der Waals surface area contributed by atoms with Crippen LogP contribution in [0.4, 0.5) is 0 Å². The first kappa shape index (κ1) is 15.7. The molecule has 1 atom stereocenters. The number of benzene rings is 1. The van der Waals surface area contributed by atoms with Crippen LogP contribution in [0.1, 0.15) is 25.8 Å². The summed E-state index contributed by atoms with van der Waals surface area (Å²) in [5.41, 5.74) is 1.09. The Bertz CT molecular complexity index is 366. The van der Waals surface area contributed by atoms with Gasteiger partial charge in [-0.3, -0.25) is 4.79 Å². The summed E-state index contributed by atoms with van der Waals surface area (Å²) in [6.07, 6.45) is 0.670. The zero-order valence-corrected chi connectivity index (χ0v) is 11.7. The first-order valence-electron chi connectivity index (χ1n) is 6.78. The predicted molar refractivity (Wildman–Crippen MR) is 76.6 cm³/mol. The Morgan fingerprint density at radius 2 is 1.95 bits per heavy atom. The summed E-state index contributed by atoms with van der Waals surface area (Å²) in [7, 11) is 0. The summed E-state index contributed by atoms with van der Waals surface area (Å²) in [6, 6.07) is 10.0. The van der Waals surface area contributed by atoms with Crippen LogP contribution in [0.15, 0.2) is 30.3 Å². The Morgan fingerprint density at radius 3 is 2.53 bits per heavy atom. The average molecular weight is 264 g/mol. The number of aliphatic hydroxyl groups is 1. The summed E-state index contributed by atoms with van der Waals surface area (Å²) in [5.74, 6) is 0.376. The molecule has 4 heteroatoms. The van der Waals surface area contributed by atoms with Gasteiger partial charge in [-0.25, -0.2) is 0 Å². The van der Waals surface area contributed by atoms with Gasteiger partial charge >= 0.3 is 0 Å². The number of aliphatic hydroxyl groups excluding tert-OH is 1. The highest BCUT2D eigenvalue weighted by molar-refractivity contribution is 5.78. The van der Waals surface area contributed by atoms with E-state index in [0.717, 1.165) is 5.56 Å². The first-order chi connectivity index (χ1) is 9.13. The van der Waals surface area contributed by atoms with Crippen LogP contribution in [0.3, 0.4) is 0 Å². The minimum Gasteiger partial charge on any atom is -0.396 e. The van der Waals surface area contributed by atoms with Crippen molar-refractivity contribution in [3.63, 3.8) is 0 Å². The molecule has 0 saturated carbocycles. The van der Waals surface area contributed by atoms with E-state index in [2.05, 4.69) is 24.5 Å². The molecule has 1 aromatic rings. The lowest BCUT2D eigenvalue weighted by molar-refractivity contribution is -0.120. The van der Waals surface area contributed by atoms with Crippen molar-refractivity contribution >= 4 is 5.91 Å². The van der Waals surface area contributed by atoms with Crippen molar-refractivity contribution < 1.29 is 9.90 Å². The number of hydrogen-bond donors (Lipinski definition) is 3. The quantitative estimate of drug-likeness (QED) is 0.663.